The van der Waals surface area contributed by atoms with Gasteiger partial charge in [-0.2, -0.15) is 0 Å². The molecule has 2 rings (SSSR count). The zero-order valence-corrected chi connectivity index (χ0v) is 11.1. The Balaban J connectivity index is 1.97. The average Bonchev–Trinajstić information content (AvgIpc) is 2.34. The van der Waals surface area contributed by atoms with Crippen molar-refractivity contribution in [3.05, 3.63) is 34.3 Å². The molecule has 1 aliphatic heterocycles. The molecule has 4 heteroatoms. The van der Waals surface area contributed by atoms with Crippen LogP contribution in [0.1, 0.15) is 11.1 Å². The number of benzene rings is 1. The molecule has 1 heterocycles. The molecular formula is C13H19ClN2O. The second-order valence-electron chi connectivity index (χ2n) is 4.47. The molecule has 0 unspecified atom stereocenters. The van der Waals surface area contributed by atoms with Crippen LogP contribution in [0.2, 0.25) is 5.02 Å². The van der Waals surface area contributed by atoms with Crippen molar-refractivity contribution in [1.29, 1.82) is 0 Å². The fourth-order valence-electron chi connectivity index (χ4n) is 2.08. The van der Waals surface area contributed by atoms with Gasteiger partial charge in [0.05, 0.1) is 6.61 Å². The highest BCUT2D eigenvalue weighted by Gasteiger charge is 2.18. The van der Waals surface area contributed by atoms with Crippen molar-refractivity contribution < 1.29 is 4.74 Å². The molecule has 1 atom stereocenters. The van der Waals surface area contributed by atoms with Crippen molar-refractivity contribution in [2.75, 3.05) is 26.7 Å². The summed E-state index contributed by atoms with van der Waals surface area (Å²) in [5.41, 5.74) is 2.45. The normalized spacial score (nSPS) is 21.7. The SMILES string of the molecule is CN[C@@H]1CN(Cc2ccc(Cl)c(C)c2)CCO1. The number of likely N-dealkylation sites (N-methyl/N-ethyl adjacent to an activating group) is 1. The zero-order chi connectivity index (χ0) is 12.3. The van der Waals surface area contributed by atoms with Crippen LogP contribution in [0.15, 0.2) is 18.2 Å². The van der Waals surface area contributed by atoms with Gasteiger partial charge in [0.25, 0.3) is 0 Å². The first kappa shape index (κ1) is 12.8. The highest BCUT2D eigenvalue weighted by molar-refractivity contribution is 6.31. The number of morpholine rings is 1. The van der Waals surface area contributed by atoms with Gasteiger partial charge in [-0.25, -0.2) is 0 Å². The van der Waals surface area contributed by atoms with Gasteiger partial charge in [0.2, 0.25) is 0 Å². The number of hydrogen-bond acceptors (Lipinski definition) is 3. The highest BCUT2D eigenvalue weighted by atomic mass is 35.5. The van der Waals surface area contributed by atoms with Crippen LogP contribution in [-0.2, 0) is 11.3 Å². The summed E-state index contributed by atoms with van der Waals surface area (Å²) in [6.07, 6.45) is 0.150. The van der Waals surface area contributed by atoms with Crippen LogP contribution in [0.3, 0.4) is 0 Å². The minimum atomic E-state index is 0.150. The predicted molar refractivity (Wildman–Crippen MR) is 70.3 cm³/mol. The number of aryl methyl sites for hydroxylation is 1. The Morgan fingerprint density at radius 3 is 3.06 bits per heavy atom. The minimum absolute atomic E-state index is 0.150. The molecule has 94 valence electrons. The molecule has 17 heavy (non-hydrogen) atoms. The fraction of sp³-hybridized carbons (Fsp3) is 0.538. The largest absolute Gasteiger partial charge is 0.361 e. The first-order chi connectivity index (χ1) is 8.19. The minimum Gasteiger partial charge on any atom is -0.361 e. The summed E-state index contributed by atoms with van der Waals surface area (Å²) >= 11 is 6.03. The smallest absolute Gasteiger partial charge is 0.120 e. The Kier molecular flexibility index (Phi) is 4.40. The van der Waals surface area contributed by atoms with E-state index in [1.54, 1.807) is 0 Å². The van der Waals surface area contributed by atoms with Crippen LogP contribution in [-0.4, -0.2) is 37.9 Å². The lowest BCUT2D eigenvalue weighted by molar-refractivity contribution is -0.0442. The highest BCUT2D eigenvalue weighted by Crippen LogP contribution is 2.18. The summed E-state index contributed by atoms with van der Waals surface area (Å²) in [7, 11) is 1.93. The van der Waals surface area contributed by atoms with Gasteiger partial charge in [0.15, 0.2) is 0 Å². The number of ether oxygens (including phenoxy) is 1. The lowest BCUT2D eigenvalue weighted by Gasteiger charge is -2.32. The molecule has 1 aromatic carbocycles. The van der Waals surface area contributed by atoms with Crippen molar-refractivity contribution in [2.24, 2.45) is 0 Å². The van der Waals surface area contributed by atoms with Crippen molar-refractivity contribution in [1.82, 2.24) is 10.2 Å². The first-order valence-electron chi connectivity index (χ1n) is 5.95. The summed E-state index contributed by atoms with van der Waals surface area (Å²) in [6.45, 7) is 5.71. The van der Waals surface area contributed by atoms with E-state index >= 15 is 0 Å². The van der Waals surface area contributed by atoms with Crippen molar-refractivity contribution in [2.45, 2.75) is 19.7 Å². The molecule has 1 aliphatic rings. The van der Waals surface area contributed by atoms with Crippen LogP contribution < -0.4 is 5.32 Å². The molecule has 1 saturated heterocycles. The van der Waals surface area contributed by atoms with Gasteiger partial charge in [0.1, 0.15) is 6.23 Å². The summed E-state index contributed by atoms with van der Waals surface area (Å²) < 4.78 is 5.56. The molecule has 0 saturated carbocycles. The van der Waals surface area contributed by atoms with E-state index in [-0.39, 0.29) is 6.23 Å². The monoisotopic (exact) mass is 254 g/mol. The molecule has 0 radical (unpaired) electrons. The molecule has 1 N–H and O–H groups in total. The van der Waals surface area contributed by atoms with Gasteiger partial charge in [0, 0.05) is 24.7 Å². The predicted octanol–water partition coefficient (Wildman–Crippen LogP) is 2.03. The van der Waals surface area contributed by atoms with Crippen LogP contribution in [0, 0.1) is 6.92 Å². The lowest BCUT2D eigenvalue weighted by atomic mass is 10.1. The zero-order valence-electron chi connectivity index (χ0n) is 10.4. The summed E-state index contributed by atoms with van der Waals surface area (Å²) in [4.78, 5) is 2.40. The number of hydrogen-bond donors (Lipinski definition) is 1. The molecule has 0 aliphatic carbocycles. The molecule has 1 aromatic rings. The Hall–Kier alpha value is -0.610. The number of nitrogens with zero attached hydrogens (tertiary/aromatic N) is 1. The Labute approximate surface area is 108 Å². The van der Waals surface area contributed by atoms with Gasteiger partial charge in [-0.15, -0.1) is 0 Å². The van der Waals surface area contributed by atoms with Crippen molar-refractivity contribution in [3.63, 3.8) is 0 Å². The third kappa shape index (κ3) is 3.42. The van der Waals surface area contributed by atoms with Gasteiger partial charge in [-0.3, -0.25) is 10.2 Å². The Morgan fingerprint density at radius 2 is 2.35 bits per heavy atom. The molecule has 0 amide bonds. The maximum atomic E-state index is 6.03. The third-order valence-electron chi connectivity index (χ3n) is 3.10. The van der Waals surface area contributed by atoms with E-state index in [0.717, 1.165) is 36.8 Å². The van der Waals surface area contributed by atoms with Crippen LogP contribution in [0.5, 0.6) is 0 Å². The van der Waals surface area contributed by atoms with Crippen LogP contribution in [0.25, 0.3) is 0 Å². The van der Waals surface area contributed by atoms with Gasteiger partial charge in [-0.1, -0.05) is 23.7 Å². The Morgan fingerprint density at radius 1 is 1.53 bits per heavy atom. The molecular weight excluding hydrogens is 236 g/mol. The maximum Gasteiger partial charge on any atom is 0.120 e. The molecule has 0 aromatic heterocycles. The summed E-state index contributed by atoms with van der Waals surface area (Å²) in [6, 6.07) is 6.23. The van der Waals surface area contributed by atoms with Gasteiger partial charge in [-0.05, 0) is 31.2 Å². The first-order valence-corrected chi connectivity index (χ1v) is 6.33. The second kappa shape index (κ2) is 5.83. The number of halogens is 1. The standard InChI is InChI=1S/C13H19ClN2O/c1-10-7-11(3-4-12(10)14)8-16-5-6-17-13(9-16)15-2/h3-4,7,13,15H,5-6,8-9H2,1-2H3/t13-/m0/s1. The quantitative estimate of drug-likeness (QED) is 0.893. The van der Waals surface area contributed by atoms with E-state index < -0.39 is 0 Å². The van der Waals surface area contributed by atoms with Crippen LogP contribution in [0.4, 0.5) is 0 Å². The van der Waals surface area contributed by atoms with E-state index in [9.17, 15) is 0 Å². The average molecular weight is 255 g/mol. The van der Waals surface area contributed by atoms with Gasteiger partial charge >= 0.3 is 0 Å². The molecule has 1 fully saturated rings. The van der Waals surface area contributed by atoms with E-state index in [1.165, 1.54) is 5.56 Å². The fourth-order valence-corrected chi connectivity index (χ4v) is 2.20. The molecule has 0 spiro atoms. The van der Waals surface area contributed by atoms with Gasteiger partial charge < -0.3 is 4.74 Å². The topological polar surface area (TPSA) is 24.5 Å². The van der Waals surface area contributed by atoms with E-state index in [1.807, 2.05) is 20.0 Å². The van der Waals surface area contributed by atoms with E-state index in [4.69, 9.17) is 16.3 Å². The lowest BCUT2D eigenvalue weighted by Crippen LogP contribution is -2.47. The van der Waals surface area contributed by atoms with E-state index in [2.05, 4.69) is 22.3 Å². The molecule has 3 nitrogen and oxygen atoms in total. The third-order valence-corrected chi connectivity index (χ3v) is 3.53. The number of nitrogens with one attached hydrogen (secondary N) is 1. The van der Waals surface area contributed by atoms with Crippen molar-refractivity contribution >= 4 is 11.6 Å². The van der Waals surface area contributed by atoms with Crippen LogP contribution >= 0.6 is 11.6 Å². The Bertz CT molecular complexity index is 384. The second-order valence-corrected chi connectivity index (χ2v) is 4.87. The van der Waals surface area contributed by atoms with Crippen molar-refractivity contribution in [3.8, 4) is 0 Å². The summed E-state index contributed by atoms with van der Waals surface area (Å²) in [5, 5.41) is 3.99. The maximum absolute atomic E-state index is 6.03. The molecule has 0 bridgehead atoms. The van der Waals surface area contributed by atoms with E-state index in [0.29, 0.717) is 0 Å². The summed E-state index contributed by atoms with van der Waals surface area (Å²) in [5.74, 6) is 0. The number of rotatable bonds is 3.